The molecule has 0 aliphatic rings. The Kier molecular flexibility index (Phi) is 5.05. The van der Waals surface area contributed by atoms with Gasteiger partial charge in [0.1, 0.15) is 12.4 Å². The molecule has 0 aliphatic carbocycles. The standard InChI is InChI=1S/C17H20ClNO/c1-12-3-4-14(9-13(12)2)11-20-17-6-5-16(18)10-15(17)7-8-19/h3-6,9-10H,7-8,11,19H2,1-2H3. The molecule has 3 heteroatoms. The summed E-state index contributed by atoms with van der Waals surface area (Å²) in [5.41, 5.74) is 10.4. The summed E-state index contributed by atoms with van der Waals surface area (Å²) in [6, 6.07) is 12.1. The number of hydrogen-bond acceptors (Lipinski definition) is 2. The largest absolute Gasteiger partial charge is 0.489 e. The van der Waals surface area contributed by atoms with Crippen LogP contribution in [0.4, 0.5) is 0 Å². The number of hydrogen-bond donors (Lipinski definition) is 1. The number of halogens is 1. The smallest absolute Gasteiger partial charge is 0.123 e. The van der Waals surface area contributed by atoms with Gasteiger partial charge in [0.05, 0.1) is 0 Å². The average molecular weight is 290 g/mol. The maximum atomic E-state index is 6.01. The van der Waals surface area contributed by atoms with Crippen molar-refractivity contribution >= 4 is 11.6 Å². The van der Waals surface area contributed by atoms with Gasteiger partial charge in [-0.1, -0.05) is 29.8 Å². The Morgan fingerprint density at radius 1 is 1.05 bits per heavy atom. The van der Waals surface area contributed by atoms with Gasteiger partial charge in [-0.25, -0.2) is 0 Å². The molecular formula is C17H20ClNO. The molecule has 106 valence electrons. The highest BCUT2D eigenvalue weighted by Crippen LogP contribution is 2.24. The van der Waals surface area contributed by atoms with E-state index >= 15 is 0 Å². The maximum Gasteiger partial charge on any atom is 0.123 e. The van der Waals surface area contributed by atoms with Gasteiger partial charge in [0.25, 0.3) is 0 Å². The molecule has 0 radical (unpaired) electrons. The Labute approximate surface area is 125 Å². The van der Waals surface area contributed by atoms with E-state index in [4.69, 9.17) is 22.1 Å². The van der Waals surface area contributed by atoms with Crippen LogP contribution in [0.5, 0.6) is 5.75 Å². The Morgan fingerprint density at radius 3 is 2.55 bits per heavy atom. The lowest BCUT2D eigenvalue weighted by Crippen LogP contribution is -2.05. The van der Waals surface area contributed by atoms with E-state index in [9.17, 15) is 0 Å². The summed E-state index contributed by atoms with van der Waals surface area (Å²) in [5, 5.41) is 0.715. The van der Waals surface area contributed by atoms with E-state index < -0.39 is 0 Å². The minimum atomic E-state index is 0.556. The number of rotatable bonds is 5. The van der Waals surface area contributed by atoms with E-state index in [1.54, 1.807) is 0 Å². The molecular weight excluding hydrogens is 270 g/mol. The molecule has 0 saturated carbocycles. The van der Waals surface area contributed by atoms with Crippen molar-refractivity contribution in [3.05, 3.63) is 63.7 Å². The first-order valence-corrected chi connectivity index (χ1v) is 7.15. The fourth-order valence-corrected chi connectivity index (χ4v) is 2.29. The lowest BCUT2D eigenvalue weighted by molar-refractivity contribution is 0.303. The third-order valence-electron chi connectivity index (χ3n) is 3.40. The summed E-state index contributed by atoms with van der Waals surface area (Å²) in [4.78, 5) is 0. The van der Waals surface area contributed by atoms with Gasteiger partial charge in [0, 0.05) is 5.02 Å². The molecule has 0 fully saturated rings. The van der Waals surface area contributed by atoms with Crippen LogP contribution in [0.15, 0.2) is 36.4 Å². The lowest BCUT2D eigenvalue weighted by atomic mass is 10.1. The molecule has 0 amide bonds. The summed E-state index contributed by atoms with van der Waals surface area (Å²) in [5.74, 6) is 0.859. The zero-order valence-electron chi connectivity index (χ0n) is 11.9. The van der Waals surface area contributed by atoms with Crippen LogP contribution in [-0.4, -0.2) is 6.54 Å². The van der Waals surface area contributed by atoms with E-state index in [1.807, 2.05) is 18.2 Å². The second kappa shape index (κ2) is 6.78. The van der Waals surface area contributed by atoms with Gasteiger partial charge >= 0.3 is 0 Å². The van der Waals surface area contributed by atoms with Gasteiger partial charge in [0.2, 0.25) is 0 Å². The summed E-state index contributed by atoms with van der Waals surface area (Å²) < 4.78 is 5.91. The van der Waals surface area contributed by atoms with Gasteiger partial charge in [-0.3, -0.25) is 0 Å². The van der Waals surface area contributed by atoms with Crippen molar-refractivity contribution in [2.45, 2.75) is 26.9 Å². The molecule has 0 aromatic heterocycles. The first kappa shape index (κ1) is 14.9. The lowest BCUT2D eigenvalue weighted by Gasteiger charge is -2.12. The summed E-state index contributed by atoms with van der Waals surface area (Å²) >= 11 is 6.01. The Morgan fingerprint density at radius 2 is 1.85 bits per heavy atom. The number of aryl methyl sites for hydroxylation is 2. The zero-order chi connectivity index (χ0) is 14.5. The van der Waals surface area contributed by atoms with Crippen LogP contribution in [0.1, 0.15) is 22.3 Å². The molecule has 2 aromatic rings. The predicted octanol–water partition coefficient (Wildman–Crippen LogP) is 4.04. The van der Waals surface area contributed by atoms with Crippen molar-refractivity contribution in [3.63, 3.8) is 0 Å². The molecule has 20 heavy (non-hydrogen) atoms. The van der Waals surface area contributed by atoms with Gasteiger partial charge < -0.3 is 10.5 Å². The molecule has 0 bridgehead atoms. The van der Waals surface area contributed by atoms with Gasteiger partial charge in [-0.05, 0) is 67.3 Å². The van der Waals surface area contributed by atoms with E-state index in [2.05, 4.69) is 32.0 Å². The number of nitrogens with two attached hydrogens (primary N) is 1. The fourth-order valence-electron chi connectivity index (χ4n) is 2.09. The molecule has 0 unspecified atom stereocenters. The third-order valence-corrected chi connectivity index (χ3v) is 3.64. The quantitative estimate of drug-likeness (QED) is 0.902. The molecule has 2 N–H and O–H groups in total. The van der Waals surface area contributed by atoms with Crippen molar-refractivity contribution < 1.29 is 4.74 Å². The molecule has 2 aromatic carbocycles. The highest BCUT2D eigenvalue weighted by atomic mass is 35.5. The van der Waals surface area contributed by atoms with Crippen molar-refractivity contribution in [2.24, 2.45) is 5.73 Å². The van der Waals surface area contributed by atoms with Crippen molar-refractivity contribution in [3.8, 4) is 5.75 Å². The van der Waals surface area contributed by atoms with Crippen LogP contribution in [-0.2, 0) is 13.0 Å². The van der Waals surface area contributed by atoms with Crippen LogP contribution in [0.2, 0.25) is 5.02 Å². The Balaban J connectivity index is 2.11. The summed E-state index contributed by atoms with van der Waals surface area (Å²) in [6.45, 7) is 5.36. The van der Waals surface area contributed by atoms with E-state index in [-0.39, 0.29) is 0 Å². The number of ether oxygens (including phenoxy) is 1. The third kappa shape index (κ3) is 3.75. The SMILES string of the molecule is Cc1ccc(COc2ccc(Cl)cc2CCN)cc1C. The first-order valence-electron chi connectivity index (χ1n) is 6.77. The summed E-state index contributed by atoms with van der Waals surface area (Å²) in [6.07, 6.45) is 0.767. The van der Waals surface area contributed by atoms with E-state index in [0.717, 1.165) is 17.7 Å². The zero-order valence-corrected chi connectivity index (χ0v) is 12.7. The van der Waals surface area contributed by atoms with E-state index in [0.29, 0.717) is 18.2 Å². The van der Waals surface area contributed by atoms with Crippen LogP contribution >= 0.6 is 11.6 Å². The predicted molar refractivity (Wildman–Crippen MR) is 84.5 cm³/mol. The fraction of sp³-hybridized carbons (Fsp3) is 0.294. The first-order chi connectivity index (χ1) is 9.60. The summed E-state index contributed by atoms with van der Waals surface area (Å²) in [7, 11) is 0. The Hall–Kier alpha value is -1.51. The van der Waals surface area contributed by atoms with Crippen LogP contribution in [0.3, 0.4) is 0 Å². The topological polar surface area (TPSA) is 35.2 Å². The molecule has 0 heterocycles. The second-order valence-electron chi connectivity index (χ2n) is 5.00. The maximum absolute atomic E-state index is 6.01. The van der Waals surface area contributed by atoms with Crippen molar-refractivity contribution in [2.75, 3.05) is 6.54 Å². The normalized spacial score (nSPS) is 10.6. The highest BCUT2D eigenvalue weighted by Gasteiger charge is 2.05. The minimum absolute atomic E-state index is 0.556. The minimum Gasteiger partial charge on any atom is -0.489 e. The highest BCUT2D eigenvalue weighted by molar-refractivity contribution is 6.30. The van der Waals surface area contributed by atoms with Crippen LogP contribution < -0.4 is 10.5 Å². The van der Waals surface area contributed by atoms with Crippen LogP contribution in [0, 0.1) is 13.8 Å². The number of benzene rings is 2. The Bertz CT molecular complexity index is 596. The molecule has 0 spiro atoms. The van der Waals surface area contributed by atoms with Gasteiger partial charge in [-0.15, -0.1) is 0 Å². The molecule has 2 rings (SSSR count). The van der Waals surface area contributed by atoms with Crippen molar-refractivity contribution in [1.29, 1.82) is 0 Å². The molecule has 0 aliphatic heterocycles. The van der Waals surface area contributed by atoms with E-state index in [1.165, 1.54) is 16.7 Å². The molecule has 2 nitrogen and oxygen atoms in total. The van der Waals surface area contributed by atoms with Gasteiger partial charge in [-0.2, -0.15) is 0 Å². The van der Waals surface area contributed by atoms with Gasteiger partial charge in [0.15, 0.2) is 0 Å². The monoisotopic (exact) mass is 289 g/mol. The second-order valence-corrected chi connectivity index (χ2v) is 5.43. The molecule has 0 saturated heterocycles. The average Bonchev–Trinajstić information content (AvgIpc) is 2.42. The van der Waals surface area contributed by atoms with Crippen LogP contribution in [0.25, 0.3) is 0 Å². The molecule has 0 atom stereocenters. The van der Waals surface area contributed by atoms with Crippen molar-refractivity contribution in [1.82, 2.24) is 0 Å².